The van der Waals surface area contributed by atoms with Gasteiger partial charge < -0.3 is 9.88 Å². The predicted octanol–water partition coefficient (Wildman–Crippen LogP) is 3.85. The van der Waals surface area contributed by atoms with Crippen molar-refractivity contribution in [2.24, 2.45) is 0 Å². The summed E-state index contributed by atoms with van der Waals surface area (Å²) in [7, 11) is 0. The lowest BCUT2D eigenvalue weighted by Gasteiger charge is -2.14. The van der Waals surface area contributed by atoms with E-state index in [1.807, 2.05) is 54.6 Å². The third kappa shape index (κ3) is 3.67. The van der Waals surface area contributed by atoms with Crippen molar-refractivity contribution in [2.75, 3.05) is 5.32 Å². The van der Waals surface area contributed by atoms with Crippen LogP contribution in [0, 0.1) is 0 Å². The molecule has 2 aromatic carbocycles. The zero-order valence-electron chi connectivity index (χ0n) is 14.7. The highest BCUT2D eigenvalue weighted by Gasteiger charge is 2.16. The largest absolute Gasteiger partial charge is 0.326 e. The van der Waals surface area contributed by atoms with E-state index >= 15 is 0 Å². The Hall–Kier alpha value is -2.95. The first-order valence-electron chi connectivity index (χ1n) is 9.16. The second-order valence-electron chi connectivity index (χ2n) is 6.66. The summed E-state index contributed by atoms with van der Waals surface area (Å²) in [5.41, 5.74) is 3.02. The maximum Gasteiger partial charge on any atom is 0.224 e. The molecule has 0 radical (unpaired) electrons. The van der Waals surface area contributed by atoms with Crippen molar-refractivity contribution < 1.29 is 4.79 Å². The maximum atomic E-state index is 12.2. The number of carbonyl (C=O) groups excluding carboxylic acids is 1. The lowest BCUT2D eigenvalue weighted by atomic mass is 10.1. The van der Waals surface area contributed by atoms with Gasteiger partial charge in [-0.1, -0.05) is 30.3 Å². The number of nitrogens with zero attached hydrogens (tertiary/aromatic N) is 3. The van der Waals surface area contributed by atoms with Gasteiger partial charge in [-0.3, -0.25) is 4.79 Å². The van der Waals surface area contributed by atoms with Gasteiger partial charge in [-0.2, -0.15) is 0 Å². The van der Waals surface area contributed by atoms with E-state index in [0.29, 0.717) is 6.42 Å². The molecule has 5 heteroatoms. The Bertz CT molecular complexity index is 884. The molecule has 3 aromatic rings. The Kier molecular flexibility index (Phi) is 4.78. The molecular weight excluding hydrogens is 324 g/mol. The summed E-state index contributed by atoms with van der Waals surface area (Å²) in [5, 5.41) is 11.6. The number of nitrogens with one attached hydrogen (secondary N) is 1. The molecule has 1 amide bonds. The number of amides is 1. The van der Waals surface area contributed by atoms with E-state index in [1.165, 1.54) is 18.4 Å². The summed E-state index contributed by atoms with van der Waals surface area (Å²) in [6.07, 6.45) is 4.59. The highest BCUT2D eigenvalue weighted by atomic mass is 16.1. The van der Waals surface area contributed by atoms with Crippen LogP contribution in [0.3, 0.4) is 0 Å². The number of fused-ring (bicyclic) bond motifs is 1. The van der Waals surface area contributed by atoms with Crippen LogP contribution in [0.15, 0.2) is 54.6 Å². The fraction of sp³-hybridized carbons (Fsp3) is 0.286. The molecule has 0 unspecified atom stereocenters. The number of hydrogen-bond donors (Lipinski definition) is 1. The maximum absolute atomic E-state index is 12.2. The second-order valence-corrected chi connectivity index (χ2v) is 6.66. The summed E-state index contributed by atoms with van der Waals surface area (Å²) in [6, 6.07) is 17.9. The molecule has 0 spiro atoms. The van der Waals surface area contributed by atoms with Crippen molar-refractivity contribution >= 4 is 11.6 Å². The van der Waals surface area contributed by atoms with E-state index in [2.05, 4.69) is 20.1 Å². The monoisotopic (exact) mass is 346 g/mol. The van der Waals surface area contributed by atoms with Crippen LogP contribution in [0.4, 0.5) is 5.69 Å². The number of anilines is 1. The molecule has 0 bridgehead atoms. The summed E-state index contributed by atoms with van der Waals surface area (Å²) in [6.45, 7) is 0.982. The van der Waals surface area contributed by atoms with Crippen LogP contribution < -0.4 is 5.32 Å². The number of aromatic nitrogens is 3. The second kappa shape index (κ2) is 7.52. The molecule has 0 saturated heterocycles. The summed E-state index contributed by atoms with van der Waals surface area (Å²) in [5.74, 6) is 2.02. The van der Waals surface area contributed by atoms with E-state index in [0.717, 1.165) is 42.3 Å². The van der Waals surface area contributed by atoms with Crippen molar-refractivity contribution in [3.05, 3.63) is 66.0 Å². The number of rotatable bonds is 5. The quantitative estimate of drug-likeness (QED) is 0.763. The molecule has 2 heterocycles. The summed E-state index contributed by atoms with van der Waals surface area (Å²) in [4.78, 5) is 12.2. The van der Waals surface area contributed by atoms with E-state index in [4.69, 9.17) is 0 Å². The van der Waals surface area contributed by atoms with E-state index in [-0.39, 0.29) is 5.91 Å². The van der Waals surface area contributed by atoms with Gasteiger partial charge in [0.1, 0.15) is 5.82 Å². The van der Waals surface area contributed by atoms with Gasteiger partial charge >= 0.3 is 0 Å². The summed E-state index contributed by atoms with van der Waals surface area (Å²) < 4.78 is 2.21. The Morgan fingerprint density at radius 3 is 2.62 bits per heavy atom. The molecule has 0 atom stereocenters. The molecule has 132 valence electrons. The van der Waals surface area contributed by atoms with Gasteiger partial charge in [0.25, 0.3) is 0 Å². The van der Waals surface area contributed by atoms with Gasteiger partial charge in [0.15, 0.2) is 5.82 Å². The van der Waals surface area contributed by atoms with Crippen LogP contribution >= 0.6 is 0 Å². The van der Waals surface area contributed by atoms with Crippen LogP contribution in [-0.2, 0) is 24.2 Å². The molecule has 1 N–H and O–H groups in total. The lowest BCUT2D eigenvalue weighted by molar-refractivity contribution is -0.116. The van der Waals surface area contributed by atoms with Crippen molar-refractivity contribution in [1.82, 2.24) is 14.8 Å². The topological polar surface area (TPSA) is 59.8 Å². The van der Waals surface area contributed by atoms with Gasteiger partial charge in [-0.25, -0.2) is 0 Å². The number of benzene rings is 2. The van der Waals surface area contributed by atoms with Crippen LogP contribution in [0.25, 0.3) is 11.4 Å². The zero-order valence-corrected chi connectivity index (χ0v) is 14.7. The van der Waals surface area contributed by atoms with Gasteiger partial charge in [0.05, 0.1) is 0 Å². The normalized spacial score (nSPS) is 13.2. The zero-order chi connectivity index (χ0) is 17.8. The van der Waals surface area contributed by atoms with Gasteiger partial charge in [-0.15, -0.1) is 10.2 Å². The molecule has 1 aromatic heterocycles. The fourth-order valence-electron chi connectivity index (χ4n) is 3.35. The van der Waals surface area contributed by atoms with Crippen molar-refractivity contribution in [2.45, 2.75) is 38.6 Å². The van der Waals surface area contributed by atoms with Crippen LogP contribution in [-0.4, -0.2) is 20.7 Å². The first-order chi connectivity index (χ1) is 12.8. The molecule has 0 aliphatic carbocycles. The SMILES string of the molecule is O=C(CCc1ccccc1)Nc1ccc(-c2nnc3n2CCCC3)cc1. The van der Waals surface area contributed by atoms with Crippen molar-refractivity contribution in [3.8, 4) is 11.4 Å². The minimum Gasteiger partial charge on any atom is -0.326 e. The molecule has 4 rings (SSSR count). The highest BCUT2D eigenvalue weighted by Crippen LogP contribution is 2.24. The molecule has 5 nitrogen and oxygen atoms in total. The minimum atomic E-state index is 0.0291. The van der Waals surface area contributed by atoms with Gasteiger partial charge in [-0.05, 0) is 49.1 Å². The molecule has 0 saturated carbocycles. The van der Waals surface area contributed by atoms with Crippen LogP contribution in [0.2, 0.25) is 0 Å². The fourth-order valence-corrected chi connectivity index (χ4v) is 3.35. The average Bonchev–Trinajstić information content (AvgIpc) is 3.12. The number of hydrogen-bond acceptors (Lipinski definition) is 3. The number of carbonyl (C=O) groups is 1. The Balaban J connectivity index is 1.38. The van der Waals surface area contributed by atoms with E-state index in [1.54, 1.807) is 0 Å². The van der Waals surface area contributed by atoms with E-state index < -0.39 is 0 Å². The van der Waals surface area contributed by atoms with E-state index in [9.17, 15) is 4.79 Å². The Morgan fingerprint density at radius 1 is 1.00 bits per heavy atom. The molecule has 1 aliphatic heterocycles. The summed E-state index contributed by atoms with van der Waals surface area (Å²) >= 11 is 0. The van der Waals surface area contributed by atoms with Gasteiger partial charge in [0.2, 0.25) is 5.91 Å². The standard InChI is InChI=1S/C21H22N4O/c26-20(14-9-16-6-2-1-3-7-16)22-18-12-10-17(11-13-18)21-24-23-19-8-4-5-15-25(19)21/h1-3,6-7,10-13H,4-5,8-9,14-15H2,(H,22,26). The Morgan fingerprint density at radius 2 is 1.81 bits per heavy atom. The van der Waals surface area contributed by atoms with Crippen molar-refractivity contribution in [1.29, 1.82) is 0 Å². The first-order valence-corrected chi connectivity index (χ1v) is 9.16. The molecule has 0 fully saturated rings. The molecule has 1 aliphatic rings. The smallest absolute Gasteiger partial charge is 0.224 e. The lowest BCUT2D eigenvalue weighted by Crippen LogP contribution is -2.12. The minimum absolute atomic E-state index is 0.0291. The van der Waals surface area contributed by atoms with Crippen molar-refractivity contribution in [3.63, 3.8) is 0 Å². The first kappa shape index (κ1) is 16.5. The van der Waals surface area contributed by atoms with Crippen LogP contribution in [0.5, 0.6) is 0 Å². The third-order valence-corrected chi connectivity index (χ3v) is 4.77. The molecular formula is C21H22N4O. The third-order valence-electron chi connectivity index (χ3n) is 4.77. The number of aryl methyl sites for hydroxylation is 2. The predicted molar refractivity (Wildman–Crippen MR) is 102 cm³/mol. The Labute approximate surface area is 153 Å². The van der Waals surface area contributed by atoms with Crippen LogP contribution in [0.1, 0.15) is 30.7 Å². The average molecular weight is 346 g/mol. The molecule has 26 heavy (non-hydrogen) atoms. The highest BCUT2D eigenvalue weighted by molar-refractivity contribution is 5.91. The van der Waals surface area contributed by atoms with Gasteiger partial charge in [0, 0.05) is 30.6 Å².